The molecule has 0 unspecified atom stereocenters. The normalized spacial score (nSPS) is 11.9. The quantitative estimate of drug-likeness (QED) is 0.551. The minimum Gasteiger partial charge on any atom is -0.285 e. The summed E-state index contributed by atoms with van der Waals surface area (Å²) in [6.45, 7) is 1.78. The van der Waals surface area contributed by atoms with Gasteiger partial charge in [-0.3, -0.25) is 5.10 Å². The molecule has 25 heavy (non-hydrogen) atoms. The zero-order valence-corrected chi connectivity index (χ0v) is 15.5. The van der Waals surface area contributed by atoms with E-state index in [1.807, 2.05) is 12.1 Å². The lowest BCUT2D eigenvalue weighted by molar-refractivity contribution is 0.588. The molecule has 0 fully saturated rings. The lowest BCUT2D eigenvalue weighted by atomic mass is 10.1. The summed E-state index contributed by atoms with van der Waals surface area (Å²) in [7, 11) is -3.77. The van der Waals surface area contributed by atoms with Crippen molar-refractivity contribution in [3.05, 3.63) is 65.2 Å². The Hall–Kier alpha value is -2.45. The van der Waals surface area contributed by atoms with Crippen molar-refractivity contribution in [3.8, 4) is 11.1 Å². The van der Waals surface area contributed by atoms with E-state index in [0.29, 0.717) is 11.2 Å². The highest BCUT2D eigenvalue weighted by molar-refractivity contribution is 9.10. The predicted molar refractivity (Wildman–Crippen MR) is 98.8 cm³/mol. The molecule has 0 spiro atoms. The summed E-state index contributed by atoms with van der Waals surface area (Å²) in [5.74, 6) is 0. The molecular formula is C17H13BrN4O2S. The van der Waals surface area contributed by atoms with Crippen LogP contribution in [0.2, 0.25) is 0 Å². The van der Waals surface area contributed by atoms with Crippen LogP contribution < -0.4 is 0 Å². The van der Waals surface area contributed by atoms with E-state index in [1.165, 1.54) is 3.97 Å². The van der Waals surface area contributed by atoms with Gasteiger partial charge in [0.25, 0.3) is 10.0 Å². The Balaban J connectivity index is 2.05. The van der Waals surface area contributed by atoms with Gasteiger partial charge in [0.2, 0.25) is 0 Å². The average molecular weight is 417 g/mol. The van der Waals surface area contributed by atoms with E-state index in [0.717, 1.165) is 21.0 Å². The Morgan fingerprint density at radius 3 is 2.72 bits per heavy atom. The van der Waals surface area contributed by atoms with Crippen molar-refractivity contribution in [1.82, 2.24) is 19.2 Å². The molecule has 1 aromatic carbocycles. The van der Waals surface area contributed by atoms with Gasteiger partial charge in [-0.15, -0.1) is 0 Å². The average Bonchev–Trinajstić information content (AvgIpc) is 3.22. The molecule has 0 aliphatic rings. The highest BCUT2D eigenvalue weighted by Crippen LogP contribution is 2.33. The first-order valence-electron chi connectivity index (χ1n) is 7.45. The molecule has 0 atom stereocenters. The third-order valence-electron chi connectivity index (χ3n) is 4.02. The van der Waals surface area contributed by atoms with Crippen molar-refractivity contribution >= 4 is 37.0 Å². The Morgan fingerprint density at radius 2 is 2.00 bits per heavy atom. The van der Waals surface area contributed by atoms with Gasteiger partial charge in [0.15, 0.2) is 5.65 Å². The molecule has 1 N–H and O–H groups in total. The number of nitrogens with one attached hydrogen (secondary N) is 1. The van der Waals surface area contributed by atoms with E-state index >= 15 is 0 Å². The molecule has 0 bridgehead atoms. The number of benzene rings is 1. The second-order valence-corrected chi connectivity index (χ2v) is 8.32. The van der Waals surface area contributed by atoms with Gasteiger partial charge in [0.1, 0.15) is 0 Å². The van der Waals surface area contributed by atoms with Gasteiger partial charge >= 0.3 is 0 Å². The van der Waals surface area contributed by atoms with Crippen LogP contribution >= 0.6 is 15.9 Å². The van der Waals surface area contributed by atoms with E-state index in [-0.39, 0.29) is 4.90 Å². The number of halogens is 1. The Bertz CT molecular complexity index is 1180. The van der Waals surface area contributed by atoms with E-state index < -0.39 is 10.0 Å². The lowest BCUT2D eigenvalue weighted by Crippen LogP contribution is -2.13. The van der Waals surface area contributed by atoms with Gasteiger partial charge in [-0.2, -0.15) is 5.10 Å². The zero-order chi connectivity index (χ0) is 17.6. The predicted octanol–water partition coefficient (Wildman–Crippen LogP) is 3.73. The summed E-state index contributed by atoms with van der Waals surface area (Å²) in [5.41, 5.74) is 2.60. The number of aromatic amines is 1. The molecule has 4 rings (SSSR count). The highest BCUT2D eigenvalue weighted by atomic mass is 79.9. The Kier molecular flexibility index (Phi) is 3.73. The van der Waals surface area contributed by atoms with E-state index in [4.69, 9.17) is 0 Å². The van der Waals surface area contributed by atoms with Crippen LogP contribution in [0.3, 0.4) is 0 Å². The van der Waals surface area contributed by atoms with Crippen LogP contribution in [0.1, 0.15) is 5.56 Å². The number of hydrogen-bond donors (Lipinski definition) is 1. The molecule has 3 heterocycles. The van der Waals surface area contributed by atoms with E-state index in [1.54, 1.807) is 49.9 Å². The monoisotopic (exact) mass is 416 g/mol. The molecule has 6 nitrogen and oxygen atoms in total. The Labute approximate surface area is 152 Å². The molecule has 0 saturated heterocycles. The summed E-state index contributed by atoms with van der Waals surface area (Å²) in [5, 5.41) is 7.44. The minimum absolute atomic E-state index is 0.260. The third-order valence-corrected chi connectivity index (χ3v) is 6.26. The second kappa shape index (κ2) is 5.82. The maximum Gasteiger partial charge on any atom is 0.269 e. The number of hydrogen-bond acceptors (Lipinski definition) is 4. The number of rotatable bonds is 3. The molecule has 0 saturated carbocycles. The molecule has 0 aliphatic heterocycles. The van der Waals surface area contributed by atoms with Crippen molar-refractivity contribution in [3.63, 3.8) is 0 Å². The van der Waals surface area contributed by atoms with Crippen LogP contribution in [-0.2, 0) is 10.0 Å². The fraction of sp³-hybridized carbons (Fsp3) is 0.0588. The zero-order valence-electron chi connectivity index (χ0n) is 13.1. The van der Waals surface area contributed by atoms with Crippen LogP contribution in [0.5, 0.6) is 0 Å². The standard InChI is InChI=1S/C17H13BrN4O2S/c1-11-4-2-3-5-16(11)25(23,24)22-10-15(12-7-20-21-8-12)14-6-13(18)9-19-17(14)22/h2-10H,1H3,(H,20,21). The van der Waals surface area contributed by atoms with E-state index in [9.17, 15) is 8.42 Å². The molecule has 0 aliphatic carbocycles. The van der Waals surface area contributed by atoms with Gasteiger partial charge in [0.05, 0.1) is 11.1 Å². The third kappa shape index (κ3) is 2.58. The molecule has 8 heteroatoms. The smallest absolute Gasteiger partial charge is 0.269 e. The minimum atomic E-state index is -3.77. The maximum absolute atomic E-state index is 13.2. The molecule has 4 aromatic rings. The van der Waals surface area contributed by atoms with Crippen LogP contribution in [0.15, 0.2) is 64.5 Å². The van der Waals surface area contributed by atoms with Gasteiger partial charge < -0.3 is 0 Å². The van der Waals surface area contributed by atoms with Crippen LogP contribution in [0.4, 0.5) is 0 Å². The van der Waals surface area contributed by atoms with Crippen molar-refractivity contribution in [2.75, 3.05) is 0 Å². The first kappa shape index (κ1) is 16.0. The number of nitrogens with zero attached hydrogens (tertiary/aromatic N) is 3. The first-order valence-corrected chi connectivity index (χ1v) is 9.69. The Morgan fingerprint density at radius 1 is 1.20 bits per heavy atom. The van der Waals surface area contributed by atoms with Crippen molar-refractivity contribution in [2.45, 2.75) is 11.8 Å². The van der Waals surface area contributed by atoms with Crippen molar-refractivity contribution < 1.29 is 8.42 Å². The van der Waals surface area contributed by atoms with Gasteiger partial charge in [0, 0.05) is 39.6 Å². The highest BCUT2D eigenvalue weighted by Gasteiger charge is 2.24. The number of pyridine rings is 1. The van der Waals surface area contributed by atoms with Gasteiger partial charge in [-0.1, -0.05) is 18.2 Å². The molecule has 0 radical (unpaired) electrons. The molecule has 0 amide bonds. The SMILES string of the molecule is Cc1ccccc1S(=O)(=O)n1cc(-c2cn[nH]c2)c2cc(Br)cnc21. The summed E-state index contributed by atoms with van der Waals surface area (Å²) in [4.78, 5) is 4.60. The summed E-state index contributed by atoms with van der Waals surface area (Å²) < 4.78 is 28.5. The lowest BCUT2D eigenvalue weighted by Gasteiger charge is -2.09. The van der Waals surface area contributed by atoms with Gasteiger partial charge in [-0.25, -0.2) is 17.4 Å². The fourth-order valence-electron chi connectivity index (χ4n) is 2.82. The second-order valence-electron chi connectivity index (χ2n) is 5.62. The van der Waals surface area contributed by atoms with Crippen molar-refractivity contribution in [2.24, 2.45) is 0 Å². The number of fused-ring (bicyclic) bond motifs is 1. The topological polar surface area (TPSA) is 80.6 Å². The summed E-state index contributed by atoms with van der Waals surface area (Å²) in [6.07, 6.45) is 6.56. The summed E-state index contributed by atoms with van der Waals surface area (Å²) >= 11 is 3.40. The van der Waals surface area contributed by atoms with Crippen LogP contribution in [0, 0.1) is 6.92 Å². The molecule has 126 valence electrons. The fourth-order valence-corrected chi connectivity index (χ4v) is 4.70. The van der Waals surface area contributed by atoms with Crippen molar-refractivity contribution in [1.29, 1.82) is 0 Å². The largest absolute Gasteiger partial charge is 0.285 e. The summed E-state index contributed by atoms with van der Waals surface area (Å²) in [6, 6.07) is 8.77. The van der Waals surface area contributed by atoms with Crippen LogP contribution in [-0.4, -0.2) is 27.6 Å². The number of H-pyrrole nitrogens is 1. The first-order chi connectivity index (χ1) is 12.0. The molecular weight excluding hydrogens is 404 g/mol. The van der Waals surface area contributed by atoms with Crippen LogP contribution in [0.25, 0.3) is 22.2 Å². The number of aromatic nitrogens is 4. The van der Waals surface area contributed by atoms with Gasteiger partial charge in [-0.05, 0) is 40.5 Å². The maximum atomic E-state index is 13.2. The molecule has 3 aromatic heterocycles. The van der Waals surface area contributed by atoms with E-state index in [2.05, 4.69) is 31.1 Å². The number of aryl methyl sites for hydroxylation is 1.